The maximum Gasteiger partial charge on any atom is 0.271 e. The normalized spacial score (nSPS) is 21.2. The van der Waals surface area contributed by atoms with Gasteiger partial charge in [-0.25, -0.2) is 0 Å². The summed E-state index contributed by atoms with van der Waals surface area (Å²) < 4.78 is 1.86. The molecule has 3 N–H and O–H groups in total. The van der Waals surface area contributed by atoms with E-state index < -0.39 is 0 Å². The van der Waals surface area contributed by atoms with E-state index in [1.165, 1.54) is 32.1 Å². The van der Waals surface area contributed by atoms with Crippen molar-refractivity contribution in [2.45, 2.75) is 69.9 Å². The number of carbonyl (C=O) groups is 1. The van der Waals surface area contributed by atoms with E-state index in [9.17, 15) is 4.79 Å². The Labute approximate surface area is 119 Å². The van der Waals surface area contributed by atoms with Crippen LogP contribution in [-0.2, 0) is 0 Å². The summed E-state index contributed by atoms with van der Waals surface area (Å²) in [6.07, 6.45) is 12.1. The number of rotatable bonds is 3. The van der Waals surface area contributed by atoms with E-state index >= 15 is 0 Å². The van der Waals surface area contributed by atoms with Crippen molar-refractivity contribution in [3.8, 4) is 0 Å². The molecule has 2 aliphatic carbocycles. The predicted molar refractivity (Wildman–Crippen MR) is 78.5 cm³/mol. The number of nitrogens with two attached hydrogens (primary N) is 1. The first-order valence-corrected chi connectivity index (χ1v) is 7.89. The Morgan fingerprint density at radius 3 is 2.50 bits per heavy atom. The van der Waals surface area contributed by atoms with E-state index in [0.717, 1.165) is 25.7 Å². The molecule has 0 saturated heterocycles. The average Bonchev–Trinajstić information content (AvgIpc) is 3.08. The zero-order valence-corrected chi connectivity index (χ0v) is 12.0. The lowest BCUT2D eigenvalue weighted by atomic mass is 9.95. The van der Waals surface area contributed by atoms with Gasteiger partial charge in [-0.3, -0.25) is 9.48 Å². The summed E-state index contributed by atoms with van der Waals surface area (Å²) in [5.74, 6) is -0.0428. The number of nitrogens with zero attached hydrogens (tertiary/aromatic N) is 2. The Kier molecular flexibility index (Phi) is 3.94. The predicted octanol–water partition coefficient (Wildman–Crippen LogP) is 2.64. The zero-order chi connectivity index (χ0) is 13.9. The van der Waals surface area contributed by atoms with Gasteiger partial charge in [-0.2, -0.15) is 5.10 Å². The van der Waals surface area contributed by atoms with E-state index in [1.807, 2.05) is 4.68 Å². The topological polar surface area (TPSA) is 72.9 Å². The fourth-order valence-electron chi connectivity index (χ4n) is 3.54. The monoisotopic (exact) mass is 276 g/mol. The molecule has 3 rings (SSSR count). The van der Waals surface area contributed by atoms with Gasteiger partial charge in [0.15, 0.2) is 0 Å². The lowest BCUT2D eigenvalue weighted by molar-refractivity contribution is 0.0915. The summed E-state index contributed by atoms with van der Waals surface area (Å²) in [5.41, 5.74) is 7.05. The molecule has 110 valence electrons. The van der Waals surface area contributed by atoms with Crippen molar-refractivity contribution in [2.24, 2.45) is 0 Å². The summed E-state index contributed by atoms with van der Waals surface area (Å²) in [7, 11) is 0. The number of anilines is 1. The minimum Gasteiger partial charge on any atom is -0.396 e. The third-order valence-corrected chi connectivity index (χ3v) is 4.65. The van der Waals surface area contributed by atoms with Gasteiger partial charge in [-0.15, -0.1) is 0 Å². The summed E-state index contributed by atoms with van der Waals surface area (Å²) in [6.45, 7) is 0. The lowest BCUT2D eigenvalue weighted by Gasteiger charge is -2.23. The third kappa shape index (κ3) is 2.67. The molecular weight excluding hydrogens is 252 g/mol. The molecule has 2 aliphatic rings. The van der Waals surface area contributed by atoms with Crippen LogP contribution in [0.15, 0.2) is 6.20 Å². The van der Waals surface area contributed by atoms with Gasteiger partial charge in [0.1, 0.15) is 5.69 Å². The number of nitrogen functional groups attached to an aromatic ring is 1. The molecule has 2 fully saturated rings. The molecule has 0 bridgehead atoms. The number of hydrogen-bond acceptors (Lipinski definition) is 3. The first kappa shape index (κ1) is 13.5. The maximum absolute atomic E-state index is 12.5. The first-order valence-electron chi connectivity index (χ1n) is 7.89. The van der Waals surface area contributed by atoms with E-state index in [0.29, 0.717) is 23.5 Å². The highest BCUT2D eigenvalue weighted by atomic mass is 16.2. The fourth-order valence-corrected chi connectivity index (χ4v) is 3.54. The highest BCUT2D eigenvalue weighted by Gasteiger charge is 2.26. The highest BCUT2D eigenvalue weighted by molar-refractivity contribution is 5.97. The van der Waals surface area contributed by atoms with Crippen LogP contribution < -0.4 is 11.1 Å². The first-order chi connectivity index (χ1) is 9.75. The molecule has 1 amide bonds. The van der Waals surface area contributed by atoms with Crippen LogP contribution in [0.1, 0.15) is 74.3 Å². The highest BCUT2D eigenvalue weighted by Crippen LogP contribution is 2.31. The molecule has 0 spiro atoms. The molecule has 0 atom stereocenters. The maximum atomic E-state index is 12.5. The van der Waals surface area contributed by atoms with Crippen LogP contribution in [0.25, 0.3) is 0 Å². The van der Waals surface area contributed by atoms with Crippen molar-refractivity contribution >= 4 is 11.6 Å². The van der Waals surface area contributed by atoms with Crippen molar-refractivity contribution in [1.29, 1.82) is 0 Å². The van der Waals surface area contributed by atoms with Crippen LogP contribution in [0.4, 0.5) is 5.69 Å². The summed E-state index contributed by atoms with van der Waals surface area (Å²) in [4.78, 5) is 12.5. The number of amides is 1. The third-order valence-electron chi connectivity index (χ3n) is 4.65. The number of aromatic nitrogens is 2. The van der Waals surface area contributed by atoms with Gasteiger partial charge in [0.05, 0.1) is 17.9 Å². The van der Waals surface area contributed by atoms with Gasteiger partial charge in [-0.1, -0.05) is 32.1 Å². The van der Waals surface area contributed by atoms with Gasteiger partial charge in [0, 0.05) is 6.04 Å². The molecular formula is C15H24N4O. The Morgan fingerprint density at radius 1 is 1.15 bits per heavy atom. The standard InChI is InChI=1S/C15H24N4O/c16-13-10-17-19(12-8-4-5-9-12)14(13)15(20)18-11-6-2-1-3-7-11/h10-12H,1-9,16H2,(H,18,20). The average molecular weight is 276 g/mol. The molecule has 0 aliphatic heterocycles. The van der Waals surface area contributed by atoms with Crippen LogP contribution >= 0.6 is 0 Å². The summed E-state index contributed by atoms with van der Waals surface area (Å²) in [6, 6.07) is 0.655. The second kappa shape index (κ2) is 5.85. The number of carbonyl (C=O) groups excluding carboxylic acids is 1. The minimum absolute atomic E-state index is 0.0428. The van der Waals surface area contributed by atoms with Crippen molar-refractivity contribution in [2.75, 3.05) is 5.73 Å². The van der Waals surface area contributed by atoms with Gasteiger partial charge >= 0.3 is 0 Å². The molecule has 0 unspecified atom stereocenters. The Morgan fingerprint density at radius 2 is 1.80 bits per heavy atom. The fraction of sp³-hybridized carbons (Fsp3) is 0.733. The van der Waals surface area contributed by atoms with Crippen LogP contribution in [-0.4, -0.2) is 21.7 Å². The quantitative estimate of drug-likeness (QED) is 0.891. The zero-order valence-electron chi connectivity index (χ0n) is 12.0. The second-order valence-electron chi connectivity index (χ2n) is 6.14. The second-order valence-corrected chi connectivity index (χ2v) is 6.14. The van der Waals surface area contributed by atoms with Crippen molar-refractivity contribution in [3.05, 3.63) is 11.9 Å². The number of hydrogen-bond donors (Lipinski definition) is 2. The van der Waals surface area contributed by atoms with Gasteiger partial charge in [-0.05, 0) is 25.7 Å². The van der Waals surface area contributed by atoms with Crippen molar-refractivity contribution < 1.29 is 4.79 Å². The number of nitrogens with one attached hydrogen (secondary N) is 1. The Bertz CT molecular complexity index is 470. The summed E-state index contributed by atoms with van der Waals surface area (Å²) in [5, 5.41) is 7.49. The molecule has 1 aromatic rings. The lowest BCUT2D eigenvalue weighted by Crippen LogP contribution is -2.37. The van der Waals surface area contributed by atoms with Crippen LogP contribution in [0.5, 0.6) is 0 Å². The van der Waals surface area contributed by atoms with Crippen molar-refractivity contribution in [3.63, 3.8) is 0 Å². The molecule has 1 heterocycles. The largest absolute Gasteiger partial charge is 0.396 e. The smallest absolute Gasteiger partial charge is 0.271 e. The summed E-state index contributed by atoms with van der Waals surface area (Å²) >= 11 is 0. The van der Waals surface area contributed by atoms with Crippen LogP contribution in [0.3, 0.4) is 0 Å². The van der Waals surface area contributed by atoms with E-state index in [4.69, 9.17) is 5.73 Å². The van der Waals surface area contributed by atoms with Crippen LogP contribution in [0, 0.1) is 0 Å². The van der Waals surface area contributed by atoms with E-state index in [2.05, 4.69) is 10.4 Å². The molecule has 2 saturated carbocycles. The molecule has 20 heavy (non-hydrogen) atoms. The van der Waals surface area contributed by atoms with Gasteiger partial charge < -0.3 is 11.1 Å². The molecule has 5 heteroatoms. The molecule has 0 aromatic carbocycles. The SMILES string of the molecule is Nc1cnn(C2CCCC2)c1C(=O)NC1CCCCC1. The van der Waals surface area contributed by atoms with E-state index in [-0.39, 0.29) is 5.91 Å². The van der Waals surface area contributed by atoms with E-state index in [1.54, 1.807) is 6.20 Å². The van der Waals surface area contributed by atoms with Gasteiger partial charge in [0.25, 0.3) is 5.91 Å². The van der Waals surface area contributed by atoms with Crippen molar-refractivity contribution in [1.82, 2.24) is 15.1 Å². The Hall–Kier alpha value is -1.52. The minimum atomic E-state index is -0.0428. The molecule has 0 radical (unpaired) electrons. The Balaban J connectivity index is 1.74. The molecule has 1 aromatic heterocycles. The van der Waals surface area contributed by atoms with Crippen LogP contribution in [0.2, 0.25) is 0 Å². The molecule has 5 nitrogen and oxygen atoms in total. The van der Waals surface area contributed by atoms with Gasteiger partial charge in [0.2, 0.25) is 0 Å².